The second-order valence-corrected chi connectivity index (χ2v) is 7.66. The number of hydrogen-bond donors (Lipinski definition) is 1. The van der Waals surface area contributed by atoms with Crippen LogP contribution in [0.15, 0.2) is 27.6 Å². The van der Waals surface area contributed by atoms with Crippen molar-refractivity contribution >= 4 is 27.7 Å². The number of rotatable bonds is 4. The molecule has 1 N–H and O–H groups in total. The zero-order valence-electron chi connectivity index (χ0n) is 11.0. The van der Waals surface area contributed by atoms with Crippen molar-refractivity contribution in [2.75, 3.05) is 26.3 Å². The Morgan fingerprint density at radius 3 is 2.89 bits per heavy atom. The monoisotopic (exact) mass is 341 g/mol. The van der Waals surface area contributed by atoms with Crippen LogP contribution < -0.4 is 5.32 Å². The van der Waals surface area contributed by atoms with E-state index in [1.54, 1.807) is 0 Å². The smallest absolute Gasteiger partial charge is 0.0611 e. The Morgan fingerprint density at radius 2 is 2.26 bits per heavy atom. The van der Waals surface area contributed by atoms with Gasteiger partial charge >= 0.3 is 0 Å². The minimum atomic E-state index is 0.643. The zero-order chi connectivity index (χ0) is 13.1. The first-order chi connectivity index (χ1) is 9.31. The summed E-state index contributed by atoms with van der Waals surface area (Å²) in [5.41, 5.74) is 1.45. The van der Waals surface area contributed by atoms with Gasteiger partial charge in [-0.3, -0.25) is 0 Å². The molecule has 0 aliphatic carbocycles. The lowest BCUT2D eigenvalue weighted by atomic mass is 9.92. The van der Waals surface area contributed by atoms with Gasteiger partial charge in [0.1, 0.15) is 0 Å². The molecule has 2 nitrogen and oxygen atoms in total. The van der Waals surface area contributed by atoms with Crippen molar-refractivity contribution in [3.8, 4) is 0 Å². The van der Waals surface area contributed by atoms with E-state index < -0.39 is 0 Å². The SMILES string of the molecule is Brc1cc(CC2CCCNC2)ccc1SC1COC1. The topological polar surface area (TPSA) is 21.3 Å². The maximum Gasteiger partial charge on any atom is 0.0611 e. The van der Waals surface area contributed by atoms with Crippen LogP contribution in [0.5, 0.6) is 0 Å². The normalized spacial score (nSPS) is 24.2. The third kappa shape index (κ3) is 3.75. The van der Waals surface area contributed by atoms with E-state index in [0.717, 1.165) is 19.1 Å². The molecular formula is C15H20BrNOS. The molecule has 0 radical (unpaired) electrons. The van der Waals surface area contributed by atoms with Gasteiger partial charge in [-0.2, -0.15) is 0 Å². The molecule has 0 saturated carbocycles. The lowest BCUT2D eigenvalue weighted by molar-refractivity contribution is 0.0455. The van der Waals surface area contributed by atoms with Crippen LogP contribution in [-0.2, 0) is 11.2 Å². The number of thioether (sulfide) groups is 1. The summed E-state index contributed by atoms with van der Waals surface area (Å²) in [6.45, 7) is 4.16. The van der Waals surface area contributed by atoms with Gasteiger partial charge in [-0.25, -0.2) is 0 Å². The summed E-state index contributed by atoms with van der Waals surface area (Å²) >= 11 is 5.64. The Balaban J connectivity index is 1.61. The average Bonchev–Trinajstić information content (AvgIpc) is 2.37. The molecule has 2 fully saturated rings. The summed E-state index contributed by atoms with van der Waals surface area (Å²) in [7, 11) is 0. The van der Waals surface area contributed by atoms with Gasteiger partial charge in [0, 0.05) is 9.37 Å². The highest BCUT2D eigenvalue weighted by Crippen LogP contribution is 2.34. The molecule has 3 rings (SSSR count). The van der Waals surface area contributed by atoms with E-state index >= 15 is 0 Å². The van der Waals surface area contributed by atoms with Gasteiger partial charge < -0.3 is 10.1 Å². The molecular weight excluding hydrogens is 322 g/mol. The standard InChI is InChI=1S/C15H20BrNOS/c16-14-7-11(6-12-2-1-5-17-8-12)3-4-15(14)19-13-9-18-10-13/h3-4,7,12-13,17H,1-2,5-6,8-10H2. The largest absolute Gasteiger partial charge is 0.379 e. The molecule has 0 amide bonds. The number of ether oxygens (including phenoxy) is 1. The van der Waals surface area contributed by atoms with Crippen molar-refractivity contribution in [1.29, 1.82) is 0 Å². The van der Waals surface area contributed by atoms with Crippen LogP contribution in [0, 0.1) is 5.92 Å². The Kier molecular flexibility index (Phi) is 4.85. The average molecular weight is 342 g/mol. The van der Waals surface area contributed by atoms with Crippen LogP contribution >= 0.6 is 27.7 Å². The highest BCUT2D eigenvalue weighted by Gasteiger charge is 2.21. The van der Waals surface area contributed by atoms with Crippen LogP contribution in [0.25, 0.3) is 0 Å². The first-order valence-corrected chi connectivity index (χ1v) is 8.72. The fraction of sp³-hybridized carbons (Fsp3) is 0.600. The summed E-state index contributed by atoms with van der Waals surface area (Å²) in [5, 5.41) is 4.14. The van der Waals surface area contributed by atoms with Gasteiger partial charge in [0.15, 0.2) is 0 Å². The summed E-state index contributed by atoms with van der Waals surface area (Å²) in [6.07, 6.45) is 3.88. The Hall–Kier alpha value is -0.0300. The van der Waals surface area contributed by atoms with E-state index in [-0.39, 0.29) is 0 Å². The summed E-state index contributed by atoms with van der Waals surface area (Å²) in [6, 6.07) is 6.86. The van der Waals surface area contributed by atoms with Gasteiger partial charge in [0.2, 0.25) is 0 Å². The van der Waals surface area contributed by atoms with E-state index in [1.165, 1.54) is 47.3 Å². The molecule has 1 aromatic carbocycles. The lowest BCUT2D eigenvalue weighted by Gasteiger charge is -2.26. The third-order valence-electron chi connectivity index (χ3n) is 3.82. The fourth-order valence-electron chi connectivity index (χ4n) is 2.66. The molecule has 0 bridgehead atoms. The fourth-order valence-corrected chi connectivity index (χ4v) is 4.37. The van der Waals surface area contributed by atoms with Crippen LogP contribution in [0.3, 0.4) is 0 Å². The van der Waals surface area contributed by atoms with E-state index in [0.29, 0.717) is 5.25 Å². The van der Waals surface area contributed by atoms with E-state index in [9.17, 15) is 0 Å². The van der Waals surface area contributed by atoms with Gasteiger partial charge in [0.05, 0.1) is 18.5 Å². The maximum absolute atomic E-state index is 5.23. The third-order valence-corrected chi connectivity index (χ3v) is 5.95. The van der Waals surface area contributed by atoms with Crippen LogP contribution in [0.2, 0.25) is 0 Å². The van der Waals surface area contributed by atoms with Gasteiger partial charge in [-0.1, -0.05) is 6.07 Å². The molecule has 1 atom stereocenters. The summed E-state index contributed by atoms with van der Waals surface area (Å²) in [5.74, 6) is 0.805. The van der Waals surface area contributed by atoms with E-state index in [4.69, 9.17) is 4.74 Å². The van der Waals surface area contributed by atoms with Crippen LogP contribution in [0.4, 0.5) is 0 Å². The van der Waals surface area contributed by atoms with Crippen molar-refractivity contribution < 1.29 is 4.74 Å². The summed E-state index contributed by atoms with van der Waals surface area (Å²) in [4.78, 5) is 1.35. The predicted octanol–water partition coefficient (Wildman–Crippen LogP) is 3.48. The highest BCUT2D eigenvalue weighted by atomic mass is 79.9. The molecule has 0 spiro atoms. The van der Waals surface area contributed by atoms with Gasteiger partial charge in [-0.15, -0.1) is 11.8 Å². The van der Waals surface area contributed by atoms with Crippen molar-refractivity contribution in [2.24, 2.45) is 5.92 Å². The molecule has 104 valence electrons. The molecule has 19 heavy (non-hydrogen) atoms. The number of hydrogen-bond acceptors (Lipinski definition) is 3. The molecule has 4 heteroatoms. The van der Waals surface area contributed by atoms with E-state index in [1.807, 2.05) is 11.8 Å². The molecule has 1 unspecified atom stereocenters. The molecule has 2 aliphatic heterocycles. The van der Waals surface area contributed by atoms with Crippen LogP contribution in [-0.4, -0.2) is 31.6 Å². The van der Waals surface area contributed by atoms with Crippen molar-refractivity contribution in [2.45, 2.75) is 29.4 Å². The Morgan fingerprint density at radius 1 is 1.37 bits per heavy atom. The first kappa shape index (κ1) is 13.9. The van der Waals surface area contributed by atoms with Gasteiger partial charge in [-0.05, 0) is 71.9 Å². The second kappa shape index (κ2) is 6.61. The van der Waals surface area contributed by atoms with Crippen molar-refractivity contribution in [1.82, 2.24) is 5.32 Å². The number of benzene rings is 1. The minimum Gasteiger partial charge on any atom is -0.379 e. The highest BCUT2D eigenvalue weighted by molar-refractivity contribution is 9.10. The summed E-state index contributed by atoms with van der Waals surface area (Å²) < 4.78 is 6.47. The number of piperidine rings is 1. The lowest BCUT2D eigenvalue weighted by Crippen LogP contribution is -2.30. The molecule has 2 saturated heterocycles. The number of nitrogens with one attached hydrogen (secondary N) is 1. The zero-order valence-corrected chi connectivity index (χ0v) is 13.4. The Bertz CT molecular complexity index is 430. The molecule has 2 aliphatic rings. The first-order valence-electron chi connectivity index (χ1n) is 7.05. The van der Waals surface area contributed by atoms with Crippen molar-refractivity contribution in [3.05, 3.63) is 28.2 Å². The molecule has 1 aromatic rings. The molecule has 0 aromatic heterocycles. The van der Waals surface area contributed by atoms with E-state index in [2.05, 4.69) is 39.4 Å². The minimum absolute atomic E-state index is 0.643. The number of halogens is 1. The second-order valence-electron chi connectivity index (χ2n) is 5.46. The van der Waals surface area contributed by atoms with Gasteiger partial charge in [0.25, 0.3) is 0 Å². The quantitative estimate of drug-likeness (QED) is 0.905. The van der Waals surface area contributed by atoms with Crippen molar-refractivity contribution in [3.63, 3.8) is 0 Å². The predicted molar refractivity (Wildman–Crippen MR) is 83.9 cm³/mol. The molecule has 2 heterocycles. The Labute approximate surface area is 127 Å². The van der Waals surface area contributed by atoms with Crippen LogP contribution in [0.1, 0.15) is 18.4 Å². The maximum atomic E-state index is 5.23.